The molecule has 0 saturated carbocycles. The molecule has 3 rings (SSSR count). The number of hydrogen-bond acceptors (Lipinski definition) is 4. The Morgan fingerprint density at radius 2 is 1.88 bits per heavy atom. The van der Waals surface area contributed by atoms with Gasteiger partial charge in [-0.3, -0.25) is 4.79 Å². The van der Waals surface area contributed by atoms with Gasteiger partial charge in [0, 0.05) is 11.9 Å². The number of halogens is 1. The number of carbonyl (C=O) groups is 1. The molecule has 1 aromatic heterocycles. The molecule has 0 bridgehead atoms. The van der Waals surface area contributed by atoms with Gasteiger partial charge in [-0.1, -0.05) is 23.7 Å². The lowest BCUT2D eigenvalue weighted by Gasteiger charge is -2.07. The highest BCUT2D eigenvalue weighted by Gasteiger charge is 2.10. The fourth-order valence-corrected chi connectivity index (χ4v) is 2.44. The van der Waals surface area contributed by atoms with Crippen LogP contribution in [0.1, 0.15) is 17.4 Å². The van der Waals surface area contributed by atoms with Crippen molar-refractivity contribution in [1.82, 2.24) is 9.78 Å². The Hall–Kier alpha value is -2.99. The molecule has 0 saturated heterocycles. The maximum Gasteiger partial charge on any atom is 0.276 e. The average Bonchev–Trinajstić information content (AvgIpc) is 3.12. The van der Waals surface area contributed by atoms with Crippen LogP contribution in [0.2, 0.25) is 5.02 Å². The number of rotatable bonds is 7. The molecule has 0 spiro atoms. The Labute approximate surface area is 156 Å². The van der Waals surface area contributed by atoms with Crippen LogP contribution in [0.25, 0.3) is 0 Å². The Morgan fingerprint density at radius 1 is 1.12 bits per heavy atom. The van der Waals surface area contributed by atoms with Crippen molar-refractivity contribution >= 4 is 23.2 Å². The number of aromatic nitrogens is 2. The summed E-state index contributed by atoms with van der Waals surface area (Å²) in [6, 6.07) is 16.0. The number of nitrogens with one attached hydrogen (secondary N) is 1. The number of ether oxygens (including phenoxy) is 2. The Kier molecular flexibility index (Phi) is 5.76. The number of amides is 1. The molecule has 0 aliphatic heterocycles. The maximum absolute atomic E-state index is 12.3. The first-order valence-corrected chi connectivity index (χ1v) is 8.48. The largest absolute Gasteiger partial charge is 0.494 e. The molecule has 0 fully saturated rings. The summed E-state index contributed by atoms with van der Waals surface area (Å²) in [4.78, 5) is 12.3. The molecular weight excluding hydrogens is 354 g/mol. The van der Waals surface area contributed by atoms with Crippen LogP contribution in [0.15, 0.2) is 60.8 Å². The van der Waals surface area contributed by atoms with Gasteiger partial charge in [0.25, 0.3) is 5.91 Å². The molecule has 0 aliphatic carbocycles. The van der Waals surface area contributed by atoms with E-state index < -0.39 is 0 Å². The number of hydrogen-bond donors (Lipinski definition) is 1. The summed E-state index contributed by atoms with van der Waals surface area (Å²) in [5, 5.41) is 7.52. The Morgan fingerprint density at radius 3 is 2.62 bits per heavy atom. The van der Waals surface area contributed by atoms with E-state index in [1.54, 1.807) is 48.7 Å². The number of anilines is 1. The van der Waals surface area contributed by atoms with Gasteiger partial charge in [-0.05, 0) is 49.4 Å². The molecule has 0 aliphatic rings. The first-order chi connectivity index (χ1) is 12.7. The molecule has 134 valence electrons. The van der Waals surface area contributed by atoms with Crippen molar-refractivity contribution in [2.24, 2.45) is 0 Å². The zero-order chi connectivity index (χ0) is 18.4. The van der Waals surface area contributed by atoms with Crippen LogP contribution in [0, 0.1) is 0 Å². The van der Waals surface area contributed by atoms with E-state index in [1.807, 2.05) is 19.1 Å². The predicted octanol–water partition coefficient (Wildman–Crippen LogP) is 4.22. The lowest BCUT2D eigenvalue weighted by atomic mass is 10.3. The third-order valence-corrected chi connectivity index (χ3v) is 3.80. The second-order valence-corrected chi connectivity index (χ2v) is 5.76. The first kappa shape index (κ1) is 17.8. The van der Waals surface area contributed by atoms with Crippen molar-refractivity contribution in [2.75, 3.05) is 11.9 Å². The van der Waals surface area contributed by atoms with Crippen LogP contribution in [0.4, 0.5) is 5.69 Å². The third-order valence-electron chi connectivity index (χ3n) is 3.49. The van der Waals surface area contributed by atoms with Gasteiger partial charge >= 0.3 is 0 Å². The van der Waals surface area contributed by atoms with Gasteiger partial charge in [0.15, 0.2) is 12.4 Å². The SMILES string of the molecule is CCOc1ccc(NC(=O)c2ccn(COc3ccccc3Cl)n2)cc1. The highest BCUT2D eigenvalue weighted by Crippen LogP contribution is 2.23. The monoisotopic (exact) mass is 371 g/mol. The van der Waals surface area contributed by atoms with Crippen molar-refractivity contribution in [1.29, 1.82) is 0 Å². The van der Waals surface area contributed by atoms with Gasteiger partial charge in [-0.2, -0.15) is 5.10 Å². The van der Waals surface area contributed by atoms with Crippen LogP contribution in [-0.2, 0) is 6.73 Å². The molecule has 26 heavy (non-hydrogen) atoms. The average molecular weight is 372 g/mol. The Balaban J connectivity index is 1.58. The normalized spacial score (nSPS) is 10.4. The number of carbonyl (C=O) groups excluding carboxylic acids is 1. The van der Waals surface area contributed by atoms with Crippen molar-refractivity contribution in [3.8, 4) is 11.5 Å². The fraction of sp³-hybridized carbons (Fsp3) is 0.158. The van der Waals surface area contributed by atoms with Gasteiger partial charge in [0.1, 0.15) is 11.5 Å². The van der Waals surface area contributed by atoms with Gasteiger partial charge in [-0.15, -0.1) is 0 Å². The maximum atomic E-state index is 12.3. The van der Waals surface area contributed by atoms with Gasteiger partial charge in [-0.25, -0.2) is 4.68 Å². The van der Waals surface area contributed by atoms with E-state index in [4.69, 9.17) is 21.1 Å². The van der Waals surface area contributed by atoms with Crippen LogP contribution >= 0.6 is 11.6 Å². The number of nitrogens with zero attached hydrogens (tertiary/aromatic N) is 2. The molecule has 1 amide bonds. The van der Waals surface area contributed by atoms with Crippen molar-refractivity contribution < 1.29 is 14.3 Å². The number of para-hydroxylation sites is 1. The summed E-state index contributed by atoms with van der Waals surface area (Å²) >= 11 is 6.04. The zero-order valence-electron chi connectivity index (χ0n) is 14.2. The van der Waals surface area contributed by atoms with Crippen LogP contribution in [0.5, 0.6) is 11.5 Å². The molecule has 6 nitrogen and oxygen atoms in total. The highest BCUT2D eigenvalue weighted by molar-refractivity contribution is 6.32. The summed E-state index contributed by atoms with van der Waals surface area (Å²) in [5.41, 5.74) is 0.960. The molecule has 0 unspecified atom stereocenters. The summed E-state index contributed by atoms with van der Waals surface area (Å²) in [6.45, 7) is 2.67. The lowest BCUT2D eigenvalue weighted by molar-refractivity contribution is 0.102. The third kappa shape index (κ3) is 4.55. The van der Waals surface area contributed by atoms with E-state index in [-0.39, 0.29) is 12.6 Å². The van der Waals surface area contributed by atoms with E-state index in [9.17, 15) is 4.79 Å². The zero-order valence-corrected chi connectivity index (χ0v) is 14.9. The van der Waals surface area contributed by atoms with Crippen LogP contribution in [-0.4, -0.2) is 22.3 Å². The van der Waals surface area contributed by atoms with Gasteiger partial charge < -0.3 is 14.8 Å². The van der Waals surface area contributed by atoms with Crippen molar-refractivity contribution in [3.63, 3.8) is 0 Å². The lowest BCUT2D eigenvalue weighted by Crippen LogP contribution is -2.14. The minimum atomic E-state index is -0.300. The Bertz CT molecular complexity index is 878. The van der Waals surface area contributed by atoms with E-state index in [0.29, 0.717) is 28.8 Å². The molecular formula is C19H18ClN3O3. The fourth-order valence-electron chi connectivity index (χ4n) is 2.25. The van der Waals surface area contributed by atoms with Crippen molar-refractivity contribution in [3.05, 3.63) is 71.5 Å². The standard InChI is InChI=1S/C19H18ClN3O3/c1-2-25-15-9-7-14(8-10-15)21-19(24)17-11-12-23(22-17)13-26-18-6-4-3-5-16(18)20/h3-12H,2,13H2,1H3,(H,21,24). The molecule has 1 heterocycles. The second kappa shape index (κ2) is 8.40. The second-order valence-electron chi connectivity index (χ2n) is 5.36. The predicted molar refractivity (Wildman–Crippen MR) is 99.9 cm³/mol. The van der Waals surface area contributed by atoms with E-state index >= 15 is 0 Å². The smallest absolute Gasteiger partial charge is 0.276 e. The van der Waals surface area contributed by atoms with E-state index in [2.05, 4.69) is 10.4 Å². The minimum absolute atomic E-state index is 0.153. The highest BCUT2D eigenvalue weighted by atomic mass is 35.5. The van der Waals surface area contributed by atoms with Gasteiger partial charge in [0.05, 0.1) is 11.6 Å². The van der Waals surface area contributed by atoms with E-state index in [1.165, 1.54) is 4.68 Å². The van der Waals surface area contributed by atoms with E-state index in [0.717, 1.165) is 5.75 Å². The first-order valence-electron chi connectivity index (χ1n) is 8.10. The summed E-state index contributed by atoms with van der Waals surface area (Å²) in [6.07, 6.45) is 1.67. The van der Waals surface area contributed by atoms with Crippen LogP contribution in [0.3, 0.4) is 0 Å². The molecule has 0 atom stereocenters. The topological polar surface area (TPSA) is 65.4 Å². The quantitative estimate of drug-likeness (QED) is 0.675. The summed E-state index contributed by atoms with van der Waals surface area (Å²) in [5.74, 6) is 1.02. The summed E-state index contributed by atoms with van der Waals surface area (Å²) in [7, 11) is 0. The van der Waals surface area contributed by atoms with Gasteiger partial charge in [0.2, 0.25) is 0 Å². The van der Waals surface area contributed by atoms with Crippen molar-refractivity contribution in [2.45, 2.75) is 13.7 Å². The van der Waals surface area contributed by atoms with Crippen LogP contribution < -0.4 is 14.8 Å². The molecule has 7 heteroatoms. The molecule has 3 aromatic rings. The number of benzene rings is 2. The molecule has 0 radical (unpaired) electrons. The summed E-state index contributed by atoms with van der Waals surface area (Å²) < 4.78 is 12.5. The molecule has 1 N–H and O–H groups in total. The molecule has 2 aromatic carbocycles. The minimum Gasteiger partial charge on any atom is -0.494 e.